The van der Waals surface area contributed by atoms with Crippen LogP contribution in [0.4, 0.5) is 5.82 Å². The molecule has 0 spiro atoms. The summed E-state index contributed by atoms with van der Waals surface area (Å²) in [4.78, 5) is 9.03. The first-order valence-corrected chi connectivity index (χ1v) is 7.48. The van der Waals surface area contributed by atoms with Crippen LogP contribution in [0.3, 0.4) is 0 Å². The first-order chi connectivity index (χ1) is 10.7. The molecule has 1 aromatic carbocycles. The fourth-order valence-electron chi connectivity index (χ4n) is 2.74. The lowest BCUT2D eigenvalue weighted by Gasteiger charge is -2.33. The Labute approximate surface area is 130 Å². The van der Waals surface area contributed by atoms with Crippen molar-refractivity contribution in [3.8, 4) is 11.3 Å². The highest BCUT2D eigenvalue weighted by molar-refractivity contribution is 5.62. The van der Waals surface area contributed by atoms with Crippen LogP contribution < -0.4 is 10.4 Å². The first-order valence-electron chi connectivity index (χ1n) is 7.48. The summed E-state index contributed by atoms with van der Waals surface area (Å²) in [5.74, 6) is 0.729. The number of nitrogens with one attached hydrogen (secondary N) is 1. The average Bonchev–Trinajstić information content (AvgIpc) is 2.56. The number of aromatic nitrogens is 2. The van der Waals surface area contributed by atoms with Gasteiger partial charge in [0.15, 0.2) is 11.3 Å². The van der Waals surface area contributed by atoms with Gasteiger partial charge in [-0.1, -0.05) is 36.9 Å². The van der Waals surface area contributed by atoms with Crippen LogP contribution >= 0.6 is 0 Å². The van der Waals surface area contributed by atoms with Gasteiger partial charge in [-0.3, -0.25) is 9.98 Å². The summed E-state index contributed by atoms with van der Waals surface area (Å²) in [6.45, 7) is 7.66. The summed E-state index contributed by atoms with van der Waals surface area (Å²) >= 11 is 0. The lowest BCUT2D eigenvalue weighted by atomic mass is 10.1. The molecule has 1 aromatic heterocycles. The Kier molecular flexibility index (Phi) is 4.06. The van der Waals surface area contributed by atoms with E-state index in [-0.39, 0.29) is 0 Å². The molecule has 2 aromatic rings. The SMILES string of the molecule is C=Cn1c(-c2ccccc2)cnc(N2CCN(C)CC2)c1=N. The van der Waals surface area contributed by atoms with Crippen molar-refractivity contribution < 1.29 is 0 Å². The van der Waals surface area contributed by atoms with Gasteiger partial charge in [0.1, 0.15) is 0 Å². The van der Waals surface area contributed by atoms with Crippen molar-refractivity contribution in [1.29, 1.82) is 5.41 Å². The maximum absolute atomic E-state index is 8.50. The standard InChI is InChI=1S/C17H21N5/c1-3-22-15(14-7-5-4-6-8-14)13-19-17(16(22)18)21-11-9-20(2)10-12-21/h3-8,13,18H,1,9-12H2,2H3. The molecule has 0 bridgehead atoms. The van der Waals surface area contributed by atoms with E-state index in [9.17, 15) is 0 Å². The van der Waals surface area contributed by atoms with Crippen LogP contribution in [-0.4, -0.2) is 47.7 Å². The second-order valence-corrected chi connectivity index (χ2v) is 5.52. The number of piperazine rings is 1. The molecule has 0 radical (unpaired) electrons. The summed E-state index contributed by atoms with van der Waals surface area (Å²) < 4.78 is 1.80. The van der Waals surface area contributed by atoms with Crippen LogP contribution in [0.1, 0.15) is 0 Å². The van der Waals surface area contributed by atoms with Gasteiger partial charge in [-0.05, 0) is 7.05 Å². The molecule has 1 fully saturated rings. The van der Waals surface area contributed by atoms with Gasteiger partial charge in [0.2, 0.25) is 0 Å². The summed E-state index contributed by atoms with van der Waals surface area (Å²) in [6.07, 6.45) is 3.52. The fraction of sp³-hybridized carbons (Fsp3) is 0.294. The van der Waals surface area contributed by atoms with E-state index in [1.807, 2.05) is 36.5 Å². The van der Waals surface area contributed by atoms with Gasteiger partial charge in [-0.15, -0.1) is 0 Å². The van der Waals surface area contributed by atoms with Crippen molar-refractivity contribution in [3.63, 3.8) is 0 Å². The molecule has 0 atom stereocenters. The molecule has 0 aliphatic carbocycles. The van der Waals surface area contributed by atoms with Gasteiger partial charge < -0.3 is 9.80 Å². The van der Waals surface area contributed by atoms with E-state index in [4.69, 9.17) is 5.41 Å². The summed E-state index contributed by atoms with van der Waals surface area (Å²) in [5, 5.41) is 8.50. The van der Waals surface area contributed by atoms with Gasteiger partial charge in [0.05, 0.1) is 11.9 Å². The molecule has 1 saturated heterocycles. The molecule has 22 heavy (non-hydrogen) atoms. The van der Waals surface area contributed by atoms with Crippen molar-refractivity contribution in [2.24, 2.45) is 0 Å². The highest BCUT2D eigenvalue weighted by Gasteiger charge is 2.18. The largest absolute Gasteiger partial charge is 0.351 e. The van der Waals surface area contributed by atoms with Crippen LogP contribution in [-0.2, 0) is 0 Å². The third-order valence-electron chi connectivity index (χ3n) is 4.08. The molecule has 2 heterocycles. The fourth-order valence-corrected chi connectivity index (χ4v) is 2.74. The first kappa shape index (κ1) is 14.5. The molecular formula is C17H21N5. The van der Waals surface area contributed by atoms with E-state index in [1.54, 1.807) is 10.8 Å². The minimum Gasteiger partial charge on any atom is -0.351 e. The number of anilines is 1. The zero-order chi connectivity index (χ0) is 15.5. The summed E-state index contributed by atoms with van der Waals surface area (Å²) in [7, 11) is 2.12. The number of benzene rings is 1. The third-order valence-corrected chi connectivity index (χ3v) is 4.08. The summed E-state index contributed by atoms with van der Waals surface area (Å²) in [5.41, 5.74) is 2.31. The third kappa shape index (κ3) is 2.67. The predicted octanol–water partition coefficient (Wildman–Crippen LogP) is 1.88. The monoisotopic (exact) mass is 295 g/mol. The Morgan fingerprint density at radius 1 is 1.14 bits per heavy atom. The molecule has 0 saturated carbocycles. The predicted molar refractivity (Wildman–Crippen MR) is 89.6 cm³/mol. The smallest absolute Gasteiger partial charge is 0.173 e. The lowest BCUT2D eigenvalue weighted by Crippen LogP contribution is -2.47. The van der Waals surface area contributed by atoms with Gasteiger partial charge in [0, 0.05) is 37.9 Å². The van der Waals surface area contributed by atoms with Crippen molar-refractivity contribution >= 4 is 12.0 Å². The van der Waals surface area contributed by atoms with Gasteiger partial charge in [-0.25, -0.2) is 4.98 Å². The normalized spacial score (nSPS) is 15.8. The van der Waals surface area contributed by atoms with E-state index in [2.05, 4.69) is 28.4 Å². The van der Waals surface area contributed by atoms with Crippen LogP contribution in [0.5, 0.6) is 0 Å². The van der Waals surface area contributed by atoms with E-state index >= 15 is 0 Å². The number of hydrogen-bond acceptors (Lipinski definition) is 4. The Hall–Kier alpha value is -2.40. The molecule has 1 aliphatic heterocycles. The lowest BCUT2D eigenvalue weighted by molar-refractivity contribution is 0.311. The quantitative estimate of drug-likeness (QED) is 0.940. The van der Waals surface area contributed by atoms with Crippen LogP contribution in [0.15, 0.2) is 43.1 Å². The number of likely N-dealkylation sites (N-methyl/N-ethyl adjacent to an activating group) is 1. The molecule has 0 unspecified atom stereocenters. The van der Waals surface area contributed by atoms with Crippen molar-refractivity contribution in [3.05, 3.63) is 48.6 Å². The van der Waals surface area contributed by atoms with Crippen LogP contribution in [0.2, 0.25) is 0 Å². The highest BCUT2D eigenvalue weighted by atomic mass is 15.3. The highest BCUT2D eigenvalue weighted by Crippen LogP contribution is 2.19. The molecule has 3 rings (SSSR count). The van der Waals surface area contributed by atoms with Crippen LogP contribution in [0, 0.1) is 5.41 Å². The Bertz CT molecular complexity index is 712. The molecule has 5 heteroatoms. The second kappa shape index (κ2) is 6.15. The summed E-state index contributed by atoms with van der Waals surface area (Å²) in [6, 6.07) is 9.99. The Morgan fingerprint density at radius 3 is 2.45 bits per heavy atom. The van der Waals surface area contributed by atoms with E-state index in [0.29, 0.717) is 5.49 Å². The Balaban J connectivity index is 2.02. The van der Waals surface area contributed by atoms with Crippen molar-refractivity contribution in [2.45, 2.75) is 0 Å². The minimum atomic E-state index is 0.390. The maximum Gasteiger partial charge on any atom is 0.173 e. The Morgan fingerprint density at radius 2 is 1.82 bits per heavy atom. The van der Waals surface area contributed by atoms with Gasteiger partial charge in [0.25, 0.3) is 0 Å². The number of rotatable bonds is 3. The molecular weight excluding hydrogens is 274 g/mol. The van der Waals surface area contributed by atoms with Crippen molar-refractivity contribution in [2.75, 3.05) is 38.1 Å². The van der Waals surface area contributed by atoms with E-state index in [1.165, 1.54) is 0 Å². The average molecular weight is 295 g/mol. The van der Waals surface area contributed by atoms with E-state index < -0.39 is 0 Å². The van der Waals surface area contributed by atoms with E-state index in [0.717, 1.165) is 43.3 Å². The zero-order valence-corrected chi connectivity index (χ0v) is 12.9. The molecule has 1 N–H and O–H groups in total. The zero-order valence-electron chi connectivity index (χ0n) is 12.9. The maximum atomic E-state index is 8.50. The topological polar surface area (TPSA) is 48.2 Å². The molecule has 114 valence electrons. The second-order valence-electron chi connectivity index (χ2n) is 5.52. The number of nitrogens with zero attached hydrogens (tertiary/aromatic N) is 4. The van der Waals surface area contributed by atoms with Crippen molar-refractivity contribution in [1.82, 2.24) is 14.5 Å². The van der Waals surface area contributed by atoms with Gasteiger partial charge >= 0.3 is 0 Å². The molecule has 5 nitrogen and oxygen atoms in total. The molecule has 0 amide bonds. The minimum absolute atomic E-state index is 0.390. The van der Waals surface area contributed by atoms with Gasteiger partial charge in [-0.2, -0.15) is 0 Å². The van der Waals surface area contributed by atoms with Crippen LogP contribution in [0.25, 0.3) is 17.5 Å². The molecule has 1 aliphatic rings. The number of hydrogen-bond donors (Lipinski definition) is 1.